The number of aliphatic carboxylic acids is 1. The Balaban J connectivity index is 1.32. The van der Waals surface area contributed by atoms with Gasteiger partial charge < -0.3 is 24.8 Å². The van der Waals surface area contributed by atoms with Gasteiger partial charge in [0.1, 0.15) is 24.0 Å². The number of rotatable bonds is 10. The Morgan fingerprint density at radius 1 is 1.08 bits per heavy atom. The maximum Gasteiger partial charge on any atom is 0.311 e. The molecule has 3 aromatic rings. The Morgan fingerprint density at radius 3 is 2.46 bits per heavy atom. The van der Waals surface area contributed by atoms with E-state index in [4.69, 9.17) is 9.47 Å². The summed E-state index contributed by atoms with van der Waals surface area (Å²) in [5.74, 6) is -2.10. The number of benzene rings is 2. The van der Waals surface area contributed by atoms with Crippen LogP contribution in [-0.4, -0.2) is 45.1 Å². The third-order valence-electron chi connectivity index (χ3n) is 7.35. The molecule has 3 N–H and O–H groups in total. The molecular weight excluding hydrogens is 508 g/mol. The molecule has 0 bridgehead atoms. The molecule has 204 valence electrons. The standard InChI is InChI=1S/C30H29F2NO6/c1-15-6-19(38-5-4-30(3,37)14-34)7-16(2)26(15)20-9-18(23(31)11-24(20)32)13-39-25-10-17-8-21-27(22(17)12-33-25)28(21)29(35)36/h6-12,27-28,34,37H,4-5,13-14H2,1-3H3,(H,35,36)/t27-,28+,30?/m1/s1. The number of fused-ring (bicyclic) bond motifs is 3. The zero-order chi connectivity index (χ0) is 28.1. The molecular formula is C30H29F2NO6. The van der Waals surface area contributed by atoms with Crippen molar-refractivity contribution in [2.75, 3.05) is 13.2 Å². The van der Waals surface area contributed by atoms with E-state index in [0.717, 1.165) is 33.9 Å². The highest BCUT2D eigenvalue weighted by Crippen LogP contribution is 2.59. The molecule has 7 nitrogen and oxygen atoms in total. The van der Waals surface area contributed by atoms with E-state index < -0.39 is 29.1 Å². The smallest absolute Gasteiger partial charge is 0.311 e. The number of carboxylic acids is 1. The van der Waals surface area contributed by atoms with Gasteiger partial charge in [-0.2, -0.15) is 0 Å². The molecule has 9 heteroatoms. The van der Waals surface area contributed by atoms with Gasteiger partial charge in [-0.25, -0.2) is 13.8 Å². The third kappa shape index (κ3) is 5.24. The fraction of sp³-hybridized carbons (Fsp3) is 0.333. The van der Waals surface area contributed by atoms with Gasteiger partial charge in [0, 0.05) is 41.8 Å². The minimum absolute atomic E-state index is 0.130. The van der Waals surface area contributed by atoms with Crippen LogP contribution < -0.4 is 9.47 Å². The molecule has 0 saturated heterocycles. The summed E-state index contributed by atoms with van der Waals surface area (Å²) in [6.07, 6.45) is 3.66. The van der Waals surface area contributed by atoms with Crippen molar-refractivity contribution < 1.29 is 38.4 Å². The molecule has 3 atom stereocenters. The summed E-state index contributed by atoms with van der Waals surface area (Å²) in [6, 6.07) is 7.47. The first-order chi connectivity index (χ1) is 18.5. The fourth-order valence-electron chi connectivity index (χ4n) is 5.16. The minimum atomic E-state index is -1.24. The van der Waals surface area contributed by atoms with Crippen LogP contribution in [0, 0.1) is 31.4 Å². The summed E-state index contributed by atoms with van der Waals surface area (Å²) in [5, 5.41) is 28.4. The van der Waals surface area contributed by atoms with Gasteiger partial charge in [0.2, 0.25) is 5.88 Å². The van der Waals surface area contributed by atoms with Crippen molar-refractivity contribution in [1.82, 2.24) is 4.98 Å². The lowest BCUT2D eigenvalue weighted by Gasteiger charge is -2.21. The highest BCUT2D eigenvalue weighted by molar-refractivity contribution is 5.90. The average molecular weight is 538 g/mol. The molecule has 1 saturated carbocycles. The summed E-state index contributed by atoms with van der Waals surface area (Å²) in [4.78, 5) is 15.5. The molecule has 0 amide bonds. The quantitative estimate of drug-likeness (QED) is 0.337. The lowest BCUT2D eigenvalue weighted by Crippen LogP contribution is -2.31. The topological polar surface area (TPSA) is 109 Å². The Hall–Kier alpha value is -3.82. The van der Waals surface area contributed by atoms with Crippen LogP contribution in [0.5, 0.6) is 11.6 Å². The molecule has 1 unspecified atom stereocenters. The minimum Gasteiger partial charge on any atom is -0.493 e. The van der Waals surface area contributed by atoms with Crippen molar-refractivity contribution in [2.24, 2.45) is 5.92 Å². The first-order valence-electron chi connectivity index (χ1n) is 12.6. The molecule has 2 aromatic carbocycles. The van der Waals surface area contributed by atoms with Gasteiger partial charge in [0.15, 0.2) is 0 Å². The molecule has 0 radical (unpaired) electrons. The number of aliphatic hydroxyl groups excluding tert-OH is 1. The predicted molar refractivity (Wildman–Crippen MR) is 140 cm³/mol. The lowest BCUT2D eigenvalue weighted by molar-refractivity contribution is -0.138. The predicted octanol–water partition coefficient (Wildman–Crippen LogP) is 4.93. The summed E-state index contributed by atoms with van der Waals surface area (Å²) >= 11 is 0. The molecule has 2 aliphatic rings. The van der Waals surface area contributed by atoms with Gasteiger partial charge in [0.05, 0.1) is 24.7 Å². The normalized spacial score (nSPS) is 18.6. The third-order valence-corrected chi connectivity index (χ3v) is 7.35. The summed E-state index contributed by atoms with van der Waals surface area (Å²) in [7, 11) is 0. The summed E-state index contributed by atoms with van der Waals surface area (Å²) in [6.45, 7) is 4.77. The number of aryl methyl sites for hydroxylation is 2. The SMILES string of the molecule is Cc1cc(OCCC(C)(O)CO)cc(C)c1-c1cc(COc2cc3c(cn2)[C@H]2C(=C3)[C@@H]2C(=O)O)c(F)cc1F. The van der Waals surface area contributed by atoms with Gasteiger partial charge in [-0.15, -0.1) is 0 Å². The molecule has 39 heavy (non-hydrogen) atoms. The van der Waals surface area contributed by atoms with Crippen molar-refractivity contribution >= 4 is 12.0 Å². The second-order valence-corrected chi connectivity index (χ2v) is 10.5. The molecule has 1 heterocycles. The van der Waals surface area contributed by atoms with Crippen LogP contribution in [0.25, 0.3) is 17.2 Å². The number of carboxylic acid groups (broad SMARTS) is 1. The van der Waals surface area contributed by atoms with E-state index in [2.05, 4.69) is 4.98 Å². The number of nitrogens with zero attached hydrogens (tertiary/aromatic N) is 1. The number of pyridine rings is 1. The maximum absolute atomic E-state index is 15.0. The Bertz CT molecular complexity index is 1480. The molecule has 0 aliphatic heterocycles. The van der Waals surface area contributed by atoms with Crippen molar-refractivity contribution in [1.29, 1.82) is 0 Å². The zero-order valence-corrected chi connectivity index (χ0v) is 21.8. The van der Waals surface area contributed by atoms with Gasteiger partial charge in [-0.3, -0.25) is 4.79 Å². The van der Waals surface area contributed by atoms with Gasteiger partial charge in [-0.1, -0.05) is 6.08 Å². The number of hydrogen-bond donors (Lipinski definition) is 3. The number of ether oxygens (including phenoxy) is 2. The number of aromatic nitrogens is 1. The Kier molecular flexibility index (Phi) is 6.90. The number of halogens is 2. The first-order valence-corrected chi connectivity index (χ1v) is 12.6. The molecule has 1 fully saturated rings. The van der Waals surface area contributed by atoms with Crippen LogP contribution in [-0.2, 0) is 11.4 Å². The van der Waals surface area contributed by atoms with E-state index in [1.165, 1.54) is 13.0 Å². The van der Waals surface area contributed by atoms with E-state index >= 15 is 0 Å². The zero-order valence-electron chi connectivity index (χ0n) is 21.8. The van der Waals surface area contributed by atoms with Gasteiger partial charge >= 0.3 is 5.97 Å². The van der Waals surface area contributed by atoms with Gasteiger partial charge in [-0.05, 0) is 72.4 Å². The molecule has 5 rings (SSSR count). The van der Waals surface area contributed by atoms with Crippen LogP contribution in [0.15, 0.2) is 42.1 Å². The van der Waals surface area contributed by atoms with Gasteiger partial charge in [0.25, 0.3) is 0 Å². The average Bonchev–Trinajstić information content (AvgIpc) is 3.46. The lowest BCUT2D eigenvalue weighted by atomic mass is 9.93. The second kappa shape index (κ2) is 10.1. The first kappa shape index (κ1) is 26.8. The van der Waals surface area contributed by atoms with Crippen LogP contribution in [0.2, 0.25) is 0 Å². The van der Waals surface area contributed by atoms with Crippen molar-refractivity contribution in [3.63, 3.8) is 0 Å². The number of hydrogen-bond acceptors (Lipinski definition) is 6. The van der Waals surface area contributed by atoms with E-state index in [1.807, 2.05) is 6.08 Å². The van der Waals surface area contributed by atoms with E-state index in [9.17, 15) is 28.9 Å². The molecule has 1 aromatic heterocycles. The number of aliphatic hydroxyl groups is 2. The summed E-state index contributed by atoms with van der Waals surface area (Å²) in [5.41, 5.74) is 3.74. The molecule has 2 aliphatic carbocycles. The second-order valence-electron chi connectivity index (χ2n) is 10.5. The Morgan fingerprint density at radius 2 is 1.79 bits per heavy atom. The van der Waals surface area contributed by atoms with Crippen molar-refractivity contribution in [2.45, 2.75) is 45.3 Å². The van der Waals surface area contributed by atoms with E-state index in [-0.39, 0.29) is 49.2 Å². The molecule has 0 spiro atoms. The van der Waals surface area contributed by atoms with Crippen molar-refractivity contribution in [3.05, 3.63) is 81.6 Å². The largest absolute Gasteiger partial charge is 0.493 e. The fourth-order valence-corrected chi connectivity index (χ4v) is 5.16. The van der Waals surface area contributed by atoms with Crippen LogP contribution >= 0.6 is 0 Å². The Labute approximate surface area is 224 Å². The monoisotopic (exact) mass is 537 g/mol. The van der Waals surface area contributed by atoms with Crippen molar-refractivity contribution in [3.8, 4) is 22.8 Å². The highest BCUT2D eigenvalue weighted by Gasteiger charge is 2.54. The van der Waals surface area contributed by atoms with E-state index in [0.29, 0.717) is 11.3 Å². The summed E-state index contributed by atoms with van der Waals surface area (Å²) < 4.78 is 41.1. The van der Waals surface area contributed by atoms with E-state index in [1.54, 1.807) is 38.2 Å². The number of carbonyl (C=O) groups is 1. The maximum atomic E-state index is 15.0. The van der Waals surface area contributed by atoms with Crippen LogP contribution in [0.4, 0.5) is 8.78 Å². The van der Waals surface area contributed by atoms with Crippen LogP contribution in [0.1, 0.15) is 47.1 Å². The van der Waals surface area contributed by atoms with Crippen LogP contribution in [0.3, 0.4) is 0 Å². The highest BCUT2D eigenvalue weighted by atomic mass is 19.1.